The maximum atomic E-state index is 12.8. The number of carbonyl (C=O) groups is 1. The molecule has 12 nitrogen and oxygen atoms in total. The van der Waals surface area contributed by atoms with Crippen molar-refractivity contribution in [3.05, 3.63) is 12.2 Å². The Morgan fingerprint density at radius 1 is 0.649 bits per heavy atom. The number of allylic oxidation sites excluding steroid dienone is 2. The highest BCUT2D eigenvalue weighted by Gasteiger charge is 2.48. The van der Waals surface area contributed by atoms with E-state index in [1.165, 1.54) is 128 Å². The number of esters is 1. The van der Waals surface area contributed by atoms with Gasteiger partial charge in [0.2, 0.25) is 0 Å². The molecule has 1 saturated heterocycles. The molecule has 338 valence electrons. The molecule has 1 aliphatic rings. The lowest BCUT2D eigenvalue weighted by atomic mass is 9.99. The van der Waals surface area contributed by atoms with Crippen LogP contribution in [0.5, 0.6) is 0 Å². The minimum atomic E-state index is -5.06. The fourth-order valence-electron chi connectivity index (χ4n) is 7.14. The summed E-state index contributed by atoms with van der Waals surface area (Å²) in [5, 5.41) is 30.6. The Kier molecular flexibility index (Phi) is 34.6. The number of rotatable bonds is 40. The Bertz CT molecular complexity index is 1060. The largest absolute Gasteiger partial charge is 0.457 e. The van der Waals surface area contributed by atoms with Crippen LogP contribution in [-0.2, 0) is 38.3 Å². The number of hydrogen-bond donors (Lipinski definition) is 4. The van der Waals surface area contributed by atoms with E-state index in [1.807, 2.05) is 0 Å². The van der Waals surface area contributed by atoms with Gasteiger partial charge in [0, 0.05) is 13.0 Å². The van der Waals surface area contributed by atoms with Crippen LogP contribution >= 0.6 is 0 Å². The molecule has 1 rings (SSSR count). The molecule has 0 spiro atoms. The lowest BCUT2D eigenvalue weighted by Crippen LogP contribution is -2.60. The van der Waals surface area contributed by atoms with E-state index in [-0.39, 0.29) is 19.6 Å². The first-order valence-corrected chi connectivity index (χ1v) is 24.3. The van der Waals surface area contributed by atoms with E-state index in [2.05, 4.69) is 30.2 Å². The van der Waals surface area contributed by atoms with Crippen LogP contribution in [0, 0.1) is 0 Å². The molecule has 0 radical (unpaired) electrons. The first kappa shape index (κ1) is 53.9. The predicted octanol–water partition coefficient (Wildman–Crippen LogP) is 9.47. The minimum absolute atomic E-state index is 0.0371. The number of aliphatic hydroxyl groups excluding tert-OH is 3. The fraction of sp³-hybridized carbons (Fsp3) is 0.932. The molecular formula is C44H84O12S. The third-order valence-corrected chi connectivity index (χ3v) is 11.1. The summed E-state index contributed by atoms with van der Waals surface area (Å²) in [6, 6.07) is 0. The van der Waals surface area contributed by atoms with Crippen molar-refractivity contribution in [2.45, 2.75) is 237 Å². The summed E-state index contributed by atoms with van der Waals surface area (Å²) in [5.41, 5.74) is 0. The van der Waals surface area contributed by atoms with Crippen LogP contribution in [0.3, 0.4) is 0 Å². The highest BCUT2D eigenvalue weighted by atomic mass is 32.3. The van der Waals surface area contributed by atoms with Gasteiger partial charge >= 0.3 is 16.4 Å². The van der Waals surface area contributed by atoms with E-state index in [0.717, 1.165) is 44.9 Å². The van der Waals surface area contributed by atoms with Crippen molar-refractivity contribution in [2.24, 2.45) is 0 Å². The Morgan fingerprint density at radius 2 is 1.11 bits per heavy atom. The van der Waals surface area contributed by atoms with Crippen LogP contribution < -0.4 is 0 Å². The molecule has 6 unspecified atom stereocenters. The zero-order chi connectivity index (χ0) is 41.8. The normalized spacial score (nSPS) is 20.7. The molecule has 6 atom stereocenters. The van der Waals surface area contributed by atoms with E-state index < -0.39 is 59.8 Å². The molecule has 0 aromatic rings. The van der Waals surface area contributed by atoms with E-state index in [9.17, 15) is 28.5 Å². The molecule has 0 aromatic heterocycles. The molecule has 0 aliphatic carbocycles. The average molecular weight is 837 g/mol. The van der Waals surface area contributed by atoms with Crippen molar-refractivity contribution in [3.8, 4) is 0 Å². The molecular weight excluding hydrogens is 753 g/mol. The number of hydrogen-bond acceptors (Lipinski definition) is 11. The minimum Gasteiger partial charge on any atom is -0.457 e. The van der Waals surface area contributed by atoms with Gasteiger partial charge in [-0.1, -0.05) is 167 Å². The van der Waals surface area contributed by atoms with Crippen molar-refractivity contribution in [1.29, 1.82) is 0 Å². The van der Waals surface area contributed by atoms with Crippen LogP contribution in [0.15, 0.2) is 12.2 Å². The van der Waals surface area contributed by atoms with Crippen molar-refractivity contribution >= 4 is 16.4 Å². The van der Waals surface area contributed by atoms with Crippen molar-refractivity contribution in [1.82, 2.24) is 0 Å². The summed E-state index contributed by atoms with van der Waals surface area (Å²) in [5.74, 6) is -0.399. The number of carbonyl (C=O) groups excluding carboxylic acids is 1. The topological polar surface area (TPSA) is 178 Å². The lowest BCUT2D eigenvalue weighted by molar-refractivity contribution is -0.301. The maximum Gasteiger partial charge on any atom is 0.397 e. The second kappa shape index (κ2) is 36.7. The highest BCUT2D eigenvalue weighted by Crippen LogP contribution is 2.26. The van der Waals surface area contributed by atoms with Crippen molar-refractivity contribution in [3.63, 3.8) is 0 Å². The van der Waals surface area contributed by atoms with Crippen LogP contribution in [0.1, 0.15) is 200 Å². The number of unbranched alkanes of at least 4 members (excludes halogenated alkanes) is 25. The van der Waals surface area contributed by atoms with Gasteiger partial charge in [-0.2, -0.15) is 8.42 Å². The first-order chi connectivity index (χ1) is 27.6. The number of ether oxygens (including phenoxy) is 4. The molecule has 0 amide bonds. The van der Waals surface area contributed by atoms with Gasteiger partial charge in [0.05, 0.1) is 19.8 Å². The average Bonchev–Trinajstić information content (AvgIpc) is 3.18. The summed E-state index contributed by atoms with van der Waals surface area (Å²) in [7, 11) is -5.06. The summed E-state index contributed by atoms with van der Waals surface area (Å²) in [6.45, 7) is 3.99. The van der Waals surface area contributed by atoms with Gasteiger partial charge in [-0.15, -0.1) is 0 Å². The van der Waals surface area contributed by atoms with Crippen LogP contribution in [0.2, 0.25) is 0 Å². The van der Waals surface area contributed by atoms with Gasteiger partial charge in [-0.3, -0.25) is 9.35 Å². The second-order valence-electron chi connectivity index (χ2n) is 16.0. The molecule has 13 heteroatoms. The van der Waals surface area contributed by atoms with Crippen LogP contribution in [0.25, 0.3) is 0 Å². The van der Waals surface area contributed by atoms with Gasteiger partial charge in [-0.25, -0.2) is 4.18 Å². The van der Waals surface area contributed by atoms with E-state index in [1.54, 1.807) is 0 Å². The summed E-state index contributed by atoms with van der Waals surface area (Å²) >= 11 is 0. The first-order valence-electron chi connectivity index (χ1n) is 22.9. The Balaban J connectivity index is 2.42. The van der Waals surface area contributed by atoms with Gasteiger partial charge in [0.1, 0.15) is 30.5 Å². The Labute approximate surface area is 347 Å². The molecule has 0 saturated carbocycles. The van der Waals surface area contributed by atoms with Gasteiger partial charge in [-0.05, 0) is 38.5 Å². The van der Waals surface area contributed by atoms with Gasteiger partial charge in [0.25, 0.3) is 0 Å². The third-order valence-electron chi connectivity index (χ3n) is 10.6. The summed E-state index contributed by atoms with van der Waals surface area (Å²) in [6.07, 6.45) is 29.6. The van der Waals surface area contributed by atoms with Crippen molar-refractivity contribution < 1.29 is 56.2 Å². The maximum absolute atomic E-state index is 12.8. The predicted molar refractivity (Wildman–Crippen MR) is 225 cm³/mol. The molecule has 1 fully saturated rings. The highest BCUT2D eigenvalue weighted by molar-refractivity contribution is 7.80. The smallest absolute Gasteiger partial charge is 0.397 e. The van der Waals surface area contributed by atoms with Crippen molar-refractivity contribution in [2.75, 3.05) is 26.4 Å². The monoisotopic (exact) mass is 837 g/mol. The second-order valence-corrected chi connectivity index (χ2v) is 17.0. The van der Waals surface area contributed by atoms with Gasteiger partial charge in [0.15, 0.2) is 6.29 Å². The van der Waals surface area contributed by atoms with Crippen LogP contribution in [-0.4, -0.2) is 97.5 Å². The van der Waals surface area contributed by atoms with E-state index in [0.29, 0.717) is 13.0 Å². The SMILES string of the molecule is CCCCCCCCC/C=C\CCCCCCCCOCC(COC1OC(CO)C(O)C(OS(=O)(=O)O)C1O)OC(=O)CCCCCCCCCCCCCCC. The Hall–Kier alpha value is -1.16. The van der Waals surface area contributed by atoms with Crippen LogP contribution in [0.4, 0.5) is 0 Å². The molecule has 0 bridgehead atoms. The molecule has 1 aliphatic heterocycles. The molecule has 0 aromatic carbocycles. The van der Waals surface area contributed by atoms with Gasteiger partial charge < -0.3 is 34.3 Å². The fourth-order valence-corrected chi connectivity index (χ4v) is 7.65. The standard InChI is InChI=1S/C44H84O12S/c1-3-5-7-9-11-13-15-17-18-19-20-22-24-26-28-30-32-34-52-36-38(37-53-44-42(48)43(56-57(49,50)51)41(47)39(35-45)55-44)54-40(46)33-31-29-27-25-23-21-16-14-12-10-8-6-4-2/h18-19,38-39,41-45,47-48H,3-17,20-37H2,1-2H3,(H,49,50,51)/b19-18-. The zero-order valence-corrected chi connectivity index (χ0v) is 36.7. The zero-order valence-electron chi connectivity index (χ0n) is 35.9. The van der Waals surface area contributed by atoms with E-state index in [4.69, 9.17) is 23.5 Å². The third kappa shape index (κ3) is 30.5. The molecule has 4 N–H and O–H groups in total. The Morgan fingerprint density at radius 3 is 1.58 bits per heavy atom. The number of aliphatic hydroxyl groups is 3. The lowest BCUT2D eigenvalue weighted by Gasteiger charge is -2.41. The molecule has 57 heavy (non-hydrogen) atoms. The summed E-state index contributed by atoms with van der Waals surface area (Å²) < 4.78 is 59.0. The quantitative estimate of drug-likeness (QED) is 0.0199. The van der Waals surface area contributed by atoms with E-state index >= 15 is 0 Å². The molecule has 1 heterocycles. The summed E-state index contributed by atoms with van der Waals surface area (Å²) in [4.78, 5) is 12.8.